The van der Waals surface area contributed by atoms with Crippen LogP contribution in [-0.2, 0) is 16.0 Å². The van der Waals surface area contributed by atoms with Gasteiger partial charge in [0, 0.05) is 12.3 Å². The molecule has 3 N–H and O–H groups in total. The molecule has 5 rings (SSSR count). The molecule has 1 aliphatic rings. The van der Waals surface area contributed by atoms with Crippen LogP contribution < -0.4 is 5.32 Å². The Balaban J connectivity index is 1.27. The number of nitrogens with zero attached hydrogens (tertiary/aromatic N) is 2. The number of hydrogen-bond acceptors (Lipinski definition) is 5. The number of carbonyl (C=O) groups is 2. The van der Waals surface area contributed by atoms with Gasteiger partial charge in [-0.25, -0.2) is 9.59 Å². The van der Waals surface area contributed by atoms with E-state index >= 15 is 0 Å². The number of aromatic nitrogens is 3. The number of H-pyrrole nitrogens is 1. The first-order chi connectivity index (χ1) is 15.6. The van der Waals surface area contributed by atoms with Gasteiger partial charge in [0.1, 0.15) is 23.7 Å². The van der Waals surface area contributed by atoms with Crippen molar-refractivity contribution < 1.29 is 19.4 Å². The van der Waals surface area contributed by atoms with E-state index in [1.807, 2.05) is 36.4 Å². The van der Waals surface area contributed by atoms with Crippen LogP contribution in [0.1, 0.15) is 22.6 Å². The average molecular weight is 428 g/mol. The Morgan fingerprint density at radius 2 is 1.62 bits per heavy atom. The fraction of sp³-hybridized carbons (Fsp3) is 0.167. The van der Waals surface area contributed by atoms with E-state index in [1.165, 1.54) is 0 Å². The van der Waals surface area contributed by atoms with Gasteiger partial charge in [0.25, 0.3) is 0 Å². The van der Waals surface area contributed by atoms with Crippen molar-refractivity contribution >= 4 is 23.1 Å². The van der Waals surface area contributed by atoms with Gasteiger partial charge in [-0.2, -0.15) is 15.4 Å². The summed E-state index contributed by atoms with van der Waals surface area (Å²) >= 11 is 0. The number of aromatic amines is 1. The maximum absolute atomic E-state index is 12.5. The summed E-state index contributed by atoms with van der Waals surface area (Å²) in [5.41, 5.74) is 6.48. The molecule has 1 amide bonds. The normalized spacial score (nSPS) is 13.4. The van der Waals surface area contributed by atoms with Gasteiger partial charge in [0.15, 0.2) is 0 Å². The third kappa shape index (κ3) is 3.66. The summed E-state index contributed by atoms with van der Waals surface area (Å²) in [5.74, 6) is -1.23. The molecule has 0 bridgehead atoms. The molecule has 0 spiro atoms. The number of hydrogen-bond donors (Lipinski definition) is 3. The van der Waals surface area contributed by atoms with Crippen molar-refractivity contribution in [3.8, 4) is 11.1 Å². The van der Waals surface area contributed by atoms with Crippen molar-refractivity contribution in [2.45, 2.75) is 18.4 Å². The number of carboxylic acids is 1. The van der Waals surface area contributed by atoms with Gasteiger partial charge < -0.3 is 15.2 Å². The van der Waals surface area contributed by atoms with Gasteiger partial charge in [-0.1, -0.05) is 54.6 Å². The zero-order valence-electron chi connectivity index (χ0n) is 17.0. The number of fused-ring (bicyclic) bond motifs is 4. The SMILES string of the molecule is O=C(N[C@@H](Cc1ccc2n[nH]nc2c1)C(=O)O)OCC1c2ccccc2-c2ccccc21. The van der Waals surface area contributed by atoms with Crippen LogP contribution in [0.3, 0.4) is 0 Å². The third-order valence-corrected chi connectivity index (χ3v) is 5.75. The van der Waals surface area contributed by atoms with Crippen molar-refractivity contribution in [3.05, 3.63) is 83.4 Å². The molecule has 160 valence electrons. The molecule has 32 heavy (non-hydrogen) atoms. The van der Waals surface area contributed by atoms with Crippen LogP contribution in [0.2, 0.25) is 0 Å². The van der Waals surface area contributed by atoms with E-state index in [9.17, 15) is 14.7 Å². The number of alkyl carbamates (subject to hydrolysis) is 1. The van der Waals surface area contributed by atoms with E-state index in [-0.39, 0.29) is 18.9 Å². The van der Waals surface area contributed by atoms with Crippen LogP contribution in [0.4, 0.5) is 4.79 Å². The second kappa shape index (κ2) is 8.14. The molecule has 1 aromatic heterocycles. The lowest BCUT2D eigenvalue weighted by Gasteiger charge is -2.17. The highest BCUT2D eigenvalue weighted by Crippen LogP contribution is 2.44. The van der Waals surface area contributed by atoms with Crippen molar-refractivity contribution in [1.82, 2.24) is 20.7 Å². The molecule has 0 aliphatic heterocycles. The summed E-state index contributed by atoms with van der Waals surface area (Å²) in [6.45, 7) is 0.122. The summed E-state index contributed by atoms with van der Waals surface area (Å²) in [6.07, 6.45) is -0.663. The first-order valence-corrected chi connectivity index (χ1v) is 10.2. The number of rotatable bonds is 6. The summed E-state index contributed by atoms with van der Waals surface area (Å²) in [6, 6.07) is 20.2. The molecule has 0 unspecified atom stereocenters. The van der Waals surface area contributed by atoms with E-state index in [2.05, 4.69) is 32.9 Å². The van der Waals surface area contributed by atoms with Gasteiger partial charge in [-0.15, -0.1) is 0 Å². The highest BCUT2D eigenvalue weighted by molar-refractivity contribution is 5.81. The Hall–Kier alpha value is -4.20. The molecule has 0 saturated heterocycles. The summed E-state index contributed by atoms with van der Waals surface area (Å²) < 4.78 is 5.48. The maximum atomic E-state index is 12.5. The Morgan fingerprint density at radius 3 is 2.31 bits per heavy atom. The first-order valence-electron chi connectivity index (χ1n) is 10.2. The topological polar surface area (TPSA) is 117 Å². The second-order valence-corrected chi connectivity index (χ2v) is 7.71. The molecule has 8 heteroatoms. The summed E-state index contributed by atoms with van der Waals surface area (Å²) in [5, 5.41) is 22.6. The molecular formula is C24H20N4O4. The van der Waals surface area contributed by atoms with Gasteiger partial charge >= 0.3 is 12.1 Å². The number of aliphatic carboxylic acids is 1. The van der Waals surface area contributed by atoms with Crippen molar-refractivity contribution in [1.29, 1.82) is 0 Å². The summed E-state index contributed by atoms with van der Waals surface area (Å²) in [4.78, 5) is 24.2. The number of amides is 1. The fourth-order valence-electron chi connectivity index (χ4n) is 4.23. The second-order valence-electron chi connectivity index (χ2n) is 7.71. The van der Waals surface area contributed by atoms with Crippen LogP contribution in [-0.4, -0.2) is 45.2 Å². The average Bonchev–Trinajstić information content (AvgIpc) is 3.39. The van der Waals surface area contributed by atoms with E-state index in [0.29, 0.717) is 11.0 Å². The van der Waals surface area contributed by atoms with Crippen molar-refractivity contribution in [2.24, 2.45) is 0 Å². The molecule has 1 aliphatic carbocycles. The van der Waals surface area contributed by atoms with Crippen molar-refractivity contribution in [2.75, 3.05) is 6.61 Å². The minimum absolute atomic E-state index is 0.0917. The Bertz CT molecular complexity index is 1270. The number of nitrogens with one attached hydrogen (secondary N) is 2. The third-order valence-electron chi connectivity index (χ3n) is 5.75. The molecule has 0 radical (unpaired) electrons. The van der Waals surface area contributed by atoms with E-state index in [0.717, 1.165) is 27.8 Å². The molecule has 4 aromatic rings. The molecular weight excluding hydrogens is 408 g/mol. The van der Waals surface area contributed by atoms with Gasteiger partial charge in [0.2, 0.25) is 0 Å². The smallest absolute Gasteiger partial charge is 0.407 e. The number of carboxylic acid groups (broad SMARTS) is 1. The highest BCUT2D eigenvalue weighted by Gasteiger charge is 2.29. The minimum atomic E-state index is -1.14. The van der Waals surface area contributed by atoms with Gasteiger partial charge in [-0.3, -0.25) is 0 Å². The monoisotopic (exact) mass is 428 g/mol. The lowest BCUT2D eigenvalue weighted by atomic mass is 9.98. The zero-order chi connectivity index (χ0) is 22.1. The van der Waals surface area contributed by atoms with Gasteiger partial charge in [0.05, 0.1) is 0 Å². The number of benzene rings is 3. The van der Waals surface area contributed by atoms with Gasteiger partial charge in [-0.05, 0) is 39.9 Å². The Morgan fingerprint density at radius 1 is 0.969 bits per heavy atom. The fourth-order valence-corrected chi connectivity index (χ4v) is 4.23. The molecule has 1 heterocycles. The maximum Gasteiger partial charge on any atom is 0.407 e. The quantitative estimate of drug-likeness (QED) is 0.433. The number of ether oxygens (including phenoxy) is 1. The largest absolute Gasteiger partial charge is 0.480 e. The van der Waals surface area contributed by atoms with E-state index in [4.69, 9.17) is 4.74 Å². The van der Waals surface area contributed by atoms with Crippen molar-refractivity contribution in [3.63, 3.8) is 0 Å². The van der Waals surface area contributed by atoms with Crippen LogP contribution in [0.5, 0.6) is 0 Å². The predicted octanol–water partition coefficient (Wildman–Crippen LogP) is 3.49. The number of carbonyl (C=O) groups excluding carboxylic acids is 1. The van der Waals surface area contributed by atoms with Crippen LogP contribution >= 0.6 is 0 Å². The lowest BCUT2D eigenvalue weighted by Crippen LogP contribution is -2.42. The molecule has 3 aromatic carbocycles. The predicted molar refractivity (Wildman–Crippen MR) is 117 cm³/mol. The van der Waals surface area contributed by atoms with E-state index < -0.39 is 18.1 Å². The minimum Gasteiger partial charge on any atom is -0.480 e. The molecule has 1 atom stereocenters. The Labute approximate surface area is 183 Å². The van der Waals surface area contributed by atoms with Crippen LogP contribution in [0.15, 0.2) is 66.7 Å². The molecule has 8 nitrogen and oxygen atoms in total. The summed E-state index contributed by atoms with van der Waals surface area (Å²) in [7, 11) is 0. The molecule has 0 saturated carbocycles. The Kier molecular flexibility index (Phi) is 5.03. The van der Waals surface area contributed by atoms with E-state index in [1.54, 1.807) is 18.2 Å². The van der Waals surface area contributed by atoms with Crippen LogP contribution in [0, 0.1) is 0 Å². The lowest BCUT2D eigenvalue weighted by molar-refractivity contribution is -0.139. The van der Waals surface area contributed by atoms with Crippen LogP contribution in [0.25, 0.3) is 22.2 Å². The molecule has 0 fully saturated rings. The highest BCUT2D eigenvalue weighted by atomic mass is 16.5. The zero-order valence-corrected chi connectivity index (χ0v) is 17.0. The first kappa shape index (κ1) is 19.7. The standard InChI is InChI=1S/C24H20N4O4/c29-23(30)22(12-14-9-10-20-21(11-14)27-28-26-20)25-24(31)32-13-19-17-7-3-1-5-15(17)16-6-2-4-8-18(16)19/h1-11,19,22H,12-13H2,(H,25,31)(H,29,30)(H,26,27,28)/t22-/m0/s1.